The zero-order valence-corrected chi connectivity index (χ0v) is 16.7. The van der Waals surface area contributed by atoms with Gasteiger partial charge in [0.1, 0.15) is 23.9 Å². The molecule has 1 N–H and O–H groups in total. The van der Waals surface area contributed by atoms with E-state index in [0.29, 0.717) is 30.2 Å². The van der Waals surface area contributed by atoms with Gasteiger partial charge < -0.3 is 14.7 Å². The molecule has 0 aliphatic carbocycles. The van der Waals surface area contributed by atoms with Crippen LogP contribution in [-0.4, -0.2) is 29.1 Å². The number of rotatable bonds is 6. The first-order chi connectivity index (χ1) is 14.3. The number of ether oxygens (including phenoxy) is 1. The summed E-state index contributed by atoms with van der Waals surface area (Å²) in [5, 5.41) is 11.7. The van der Waals surface area contributed by atoms with Gasteiger partial charge in [-0.2, -0.15) is 13.2 Å². The lowest BCUT2D eigenvalue weighted by atomic mass is 10.1. The number of hydrogen-bond donors (Lipinski definition) is 1. The monoisotopic (exact) mass is 436 g/mol. The minimum Gasteiger partial charge on any atom is -0.489 e. The summed E-state index contributed by atoms with van der Waals surface area (Å²) in [6.45, 7) is 1.44. The number of aromatic nitrogens is 1. The summed E-state index contributed by atoms with van der Waals surface area (Å²) in [5.74, 6) is 0.000961. The Kier molecular flexibility index (Phi) is 5.55. The lowest BCUT2D eigenvalue weighted by molar-refractivity contribution is -0.141. The van der Waals surface area contributed by atoms with Crippen LogP contribution in [0.25, 0.3) is 10.1 Å². The van der Waals surface area contributed by atoms with Gasteiger partial charge in [0.05, 0.1) is 6.42 Å². The number of pyridine rings is 1. The second-order valence-electron chi connectivity index (χ2n) is 7.15. The quantitative estimate of drug-likeness (QED) is 0.581. The number of thiophene rings is 1. The molecule has 2 aromatic heterocycles. The van der Waals surface area contributed by atoms with Crippen molar-refractivity contribution in [3.05, 3.63) is 52.5 Å². The van der Waals surface area contributed by atoms with Crippen molar-refractivity contribution >= 4 is 33.2 Å². The smallest absolute Gasteiger partial charge is 0.433 e. The summed E-state index contributed by atoms with van der Waals surface area (Å²) >= 11 is 1.43. The molecule has 1 aromatic carbocycles. The molecule has 1 fully saturated rings. The van der Waals surface area contributed by atoms with Crippen LogP contribution in [0.1, 0.15) is 29.7 Å². The molecule has 0 saturated carbocycles. The topological polar surface area (TPSA) is 62.7 Å². The van der Waals surface area contributed by atoms with Crippen LogP contribution < -0.4 is 9.64 Å². The zero-order valence-electron chi connectivity index (χ0n) is 15.9. The lowest BCUT2D eigenvalue weighted by Gasteiger charge is -2.21. The highest BCUT2D eigenvalue weighted by atomic mass is 32.1. The number of halogens is 3. The van der Waals surface area contributed by atoms with Gasteiger partial charge in [0.25, 0.3) is 0 Å². The van der Waals surface area contributed by atoms with Crippen molar-refractivity contribution in [1.29, 1.82) is 0 Å². The molecule has 3 heterocycles. The molecule has 3 aromatic rings. The largest absolute Gasteiger partial charge is 0.489 e. The number of benzene rings is 1. The summed E-state index contributed by atoms with van der Waals surface area (Å²) in [7, 11) is 0. The maximum absolute atomic E-state index is 13.1. The Balaban J connectivity index is 1.56. The van der Waals surface area contributed by atoms with Gasteiger partial charge in [0.2, 0.25) is 0 Å². The molecule has 30 heavy (non-hydrogen) atoms. The van der Waals surface area contributed by atoms with Gasteiger partial charge >= 0.3 is 12.1 Å². The van der Waals surface area contributed by atoms with Gasteiger partial charge in [-0.3, -0.25) is 4.79 Å². The van der Waals surface area contributed by atoms with Crippen molar-refractivity contribution in [2.45, 2.75) is 32.0 Å². The molecule has 0 unspecified atom stereocenters. The van der Waals surface area contributed by atoms with Gasteiger partial charge in [-0.25, -0.2) is 4.98 Å². The number of carbonyl (C=O) groups is 1. The van der Waals surface area contributed by atoms with E-state index in [2.05, 4.69) is 4.98 Å². The number of anilines is 1. The van der Waals surface area contributed by atoms with Crippen LogP contribution in [0.15, 0.2) is 35.7 Å². The zero-order chi connectivity index (χ0) is 21.3. The van der Waals surface area contributed by atoms with Gasteiger partial charge in [-0.05, 0) is 59.5 Å². The maximum Gasteiger partial charge on any atom is 0.433 e. The summed E-state index contributed by atoms with van der Waals surface area (Å²) in [5.41, 5.74) is 0.444. The highest BCUT2D eigenvalue weighted by Crippen LogP contribution is 2.33. The van der Waals surface area contributed by atoms with E-state index in [0.717, 1.165) is 34.6 Å². The molecule has 4 rings (SSSR count). The SMILES string of the molecule is O=C(O)Cc1csc2cc(OCc3ccc(C(F)(F)F)nc3N3CCCC3)ccc12. The van der Waals surface area contributed by atoms with Crippen LogP contribution in [0.3, 0.4) is 0 Å². The highest BCUT2D eigenvalue weighted by molar-refractivity contribution is 7.17. The van der Waals surface area contributed by atoms with Crippen molar-refractivity contribution in [3.63, 3.8) is 0 Å². The number of carboxylic acids is 1. The average molecular weight is 436 g/mol. The fourth-order valence-electron chi connectivity index (χ4n) is 3.56. The Morgan fingerprint density at radius 2 is 1.93 bits per heavy atom. The summed E-state index contributed by atoms with van der Waals surface area (Å²) in [6.07, 6.45) is -2.69. The Bertz CT molecular complexity index is 1080. The van der Waals surface area contributed by atoms with E-state index < -0.39 is 17.8 Å². The number of alkyl halides is 3. The first-order valence-corrected chi connectivity index (χ1v) is 10.4. The van der Waals surface area contributed by atoms with Crippen LogP contribution in [0.4, 0.5) is 19.0 Å². The Hall–Kier alpha value is -2.81. The standard InChI is InChI=1S/C21H19F3N2O3S/c22-21(23,24)18-6-3-13(20(25-18)26-7-1-2-8-26)11-29-15-4-5-16-14(9-19(27)28)12-30-17(16)10-15/h3-6,10,12H,1-2,7-9,11H2,(H,27,28). The third-order valence-corrected chi connectivity index (χ3v) is 6.01. The maximum atomic E-state index is 13.1. The molecule has 1 saturated heterocycles. The van der Waals surface area contributed by atoms with Crippen molar-refractivity contribution in [1.82, 2.24) is 4.98 Å². The van der Waals surface area contributed by atoms with Gasteiger partial charge in [0, 0.05) is 23.4 Å². The Labute approximate surface area is 174 Å². The summed E-state index contributed by atoms with van der Waals surface area (Å²) in [4.78, 5) is 16.7. The third kappa shape index (κ3) is 4.35. The van der Waals surface area contributed by atoms with E-state index in [4.69, 9.17) is 9.84 Å². The van der Waals surface area contributed by atoms with Crippen LogP contribution in [0.5, 0.6) is 5.75 Å². The van der Waals surface area contributed by atoms with Crippen molar-refractivity contribution in [3.8, 4) is 5.75 Å². The molecule has 9 heteroatoms. The van der Waals surface area contributed by atoms with E-state index in [1.54, 1.807) is 6.07 Å². The molecule has 0 spiro atoms. The Morgan fingerprint density at radius 3 is 2.63 bits per heavy atom. The molecule has 0 atom stereocenters. The van der Waals surface area contributed by atoms with Crippen molar-refractivity contribution < 1.29 is 27.8 Å². The first kappa shape index (κ1) is 20.5. The second-order valence-corrected chi connectivity index (χ2v) is 8.06. The van der Waals surface area contributed by atoms with E-state index >= 15 is 0 Å². The normalized spacial score (nSPS) is 14.4. The van der Waals surface area contributed by atoms with Crippen LogP contribution in [-0.2, 0) is 24.0 Å². The van der Waals surface area contributed by atoms with E-state index in [-0.39, 0.29) is 13.0 Å². The molecular weight excluding hydrogens is 417 g/mol. The van der Waals surface area contributed by atoms with Gasteiger partial charge in [0.15, 0.2) is 0 Å². The predicted octanol–water partition coefficient (Wildman–Crippen LogP) is 5.12. The highest BCUT2D eigenvalue weighted by Gasteiger charge is 2.34. The van der Waals surface area contributed by atoms with Gasteiger partial charge in [-0.1, -0.05) is 0 Å². The number of nitrogens with zero attached hydrogens (tertiary/aromatic N) is 2. The fraction of sp³-hybridized carbons (Fsp3) is 0.333. The van der Waals surface area contributed by atoms with E-state index in [1.807, 2.05) is 22.4 Å². The fourth-order valence-corrected chi connectivity index (χ4v) is 4.55. The molecule has 0 bridgehead atoms. The molecule has 0 radical (unpaired) electrons. The van der Waals surface area contributed by atoms with Crippen LogP contribution in [0, 0.1) is 0 Å². The minimum atomic E-state index is -4.49. The molecule has 1 aliphatic heterocycles. The van der Waals surface area contributed by atoms with Gasteiger partial charge in [-0.15, -0.1) is 11.3 Å². The molecule has 5 nitrogen and oxygen atoms in total. The molecule has 0 amide bonds. The van der Waals surface area contributed by atoms with Crippen molar-refractivity contribution in [2.24, 2.45) is 0 Å². The minimum absolute atomic E-state index is 0.0450. The first-order valence-electron chi connectivity index (χ1n) is 9.48. The van der Waals surface area contributed by atoms with E-state index in [9.17, 15) is 18.0 Å². The third-order valence-electron chi connectivity index (χ3n) is 5.02. The molecule has 158 valence electrons. The second kappa shape index (κ2) is 8.14. The lowest BCUT2D eigenvalue weighted by Crippen LogP contribution is -2.23. The average Bonchev–Trinajstić information content (AvgIpc) is 3.35. The van der Waals surface area contributed by atoms with Crippen molar-refractivity contribution in [2.75, 3.05) is 18.0 Å². The predicted molar refractivity (Wildman–Crippen MR) is 108 cm³/mol. The molecular formula is C21H19F3N2O3S. The summed E-state index contributed by atoms with van der Waals surface area (Å²) in [6, 6.07) is 7.79. The number of carboxylic acid groups (broad SMARTS) is 1. The number of fused-ring (bicyclic) bond motifs is 1. The molecule has 1 aliphatic rings. The number of aliphatic carboxylic acids is 1. The van der Waals surface area contributed by atoms with Crippen LogP contribution in [0.2, 0.25) is 0 Å². The number of hydrogen-bond acceptors (Lipinski definition) is 5. The van der Waals surface area contributed by atoms with E-state index in [1.165, 1.54) is 17.4 Å². The summed E-state index contributed by atoms with van der Waals surface area (Å²) < 4.78 is 46.1. The van der Waals surface area contributed by atoms with Crippen LogP contribution >= 0.6 is 11.3 Å². The Morgan fingerprint density at radius 1 is 1.17 bits per heavy atom.